The molecule has 0 aromatic rings. The van der Waals surface area contributed by atoms with E-state index in [0.717, 1.165) is 25.8 Å². The first-order valence-corrected chi connectivity index (χ1v) is 6.78. The molecule has 1 amide bonds. The summed E-state index contributed by atoms with van der Waals surface area (Å²) in [7, 11) is 0. The molecule has 2 heterocycles. The van der Waals surface area contributed by atoms with Crippen molar-refractivity contribution in [3.8, 4) is 0 Å². The monoisotopic (exact) mass is 240 g/mol. The van der Waals surface area contributed by atoms with E-state index in [-0.39, 0.29) is 5.91 Å². The number of hydrogen-bond acceptors (Lipinski definition) is 3. The van der Waals surface area contributed by atoms with Gasteiger partial charge in [0.05, 0.1) is 12.1 Å². The van der Waals surface area contributed by atoms with Gasteiger partial charge < -0.3 is 10.0 Å². The number of carbonyl (C=O) groups is 1. The molecular formula is C13H24N2O2. The van der Waals surface area contributed by atoms with Crippen LogP contribution in [0, 0.1) is 0 Å². The fourth-order valence-corrected chi connectivity index (χ4v) is 2.87. The Labute approximate surface area is 104 Å². The van der Waals surface area contributed by atoms with Crippen molar-refractivity contribution in [3.63, 3.8) is 0 Å². The van der Waals surface area contributed by atoms with E-state index < -0.39 is 5.60 Å². The van der Waals surface area contributed by atoms with Crippen LogP contribution in [0.5, 0.6) is 0 Å². The van der Waals surface area contributed by atoms with Crippen molar-refractivity contribution >= 4 is 5.91 Å². The number of likely N-dealkylation sites (tertiary alicyclic amines) is 2. The van der Waals surface area contributed by atoms with Crippen LogP contribution in [0.25, 0.3) is 0 Å². The second kappa shape index (κ2) is 4.94. The van der Waals surface area contributed by atoms with E-state index in [1.54, 1.807) is 0 Å². The Balaban J connectivity index is 1.78. The molecule has 0 aromatic heterocycles. The minimum atomic E-state index is -0.534. The number of piperidine rings is 1. The van der Waals surface area contributed by atoms with Crippen LogP contribution in [0.1, 0.15) is 39.5 Å². The largest absolute Gasteiger partial charge is 0.387 e. The summed E-state index contributed by atoms with van der Waals surface area (Å²) < 4.78 is 0. The van der Waals surface area contributed by atoms with E-state index in [0.29, 0.717) is 25.7 Å². The van der Waals surface area contributed by atoms with Crippen molar-refractivity contribution < 1.29 is 9.90 Å². The van der Waals surface area contributed by atoms with Gasteiger partial charge in [-0.3, -0.25) is 9.69 Å². The van der Waals surface area contributed by atoms with Gasteiger partial charge >= 0.3 is 0 Å². The Morgan fingerprint density at radius 2 is 2.12 bits per heavy atom. The van der Waals surface area contributed by atoms with Gasteiger partial charge in [0.15, 0.2) is 0 Å². The summed E-state index contributed by atoms with van der Waals surface area (Å²) in [5.41, 5.74) is -0.534. The Kier molecular flexibility index (Phi) is 3.73. The average molecular weight is 240 g/mol. The molecule has 2 aliphatic heterocycles. The maximum absolute atomic E-state index is 12.1. The number of hydrogen-bond donors (Lipinski definition) is 1. The molecule has 1 N–H and O–H groups in total. The van der Waals surface area contributed by atoms with Crippen LogP contribution in [-0.4, -0.2) is 58.6 Å². The molecule has 2 rings (SSSR count). The van der Waals surface area contributed by atoms with Gasteiger partial charge in [-0.15, -0.1) is 0 Å². The highest BCUT2D eigenvalue weighted by Crippen LogP contribution is 2.24. The van der Waals surface area contributed by atoms with E-state index in [2.05, 4.69) is 6.92 Å². The van der Waals surface area contributed by atoms with Crippen molar-refractivity contribution in [2.45, 2.75) is 51.2 Å². The van der Waals surface area contributed by atoms with Crippen molar-refractivity contribution in [2.24, 2.45) is 0 Å². The molecule has 4 nitrogen and oxygen atoms in total. The summed E-state index contributed by atoms with van der Waals surface area (Å²) in [6.07, 6.45) is 4.28. The van der Waals surface area contributed by atoms with E-state index in [1.807, 2.05) is 16.7 Å². The third kappa shape index (κ3) is 2.80. The zero-order chi connectivity index (χ0) is 12.5. The van der Waals surface area contributed by atoms with E-state index in [4.69, 9.17) is 0 Å². The minimum Gasteiger partial charge on any atom is -0.387 e. The molecular weight excluding hydrogens is 216 g/mol. The summed E-state index contributed by atoms with van der Waals surface area (Å²) in [4.78, 5) is 16.2. The van der Waals surface area contributed by atoms with Crippen LogP contribution in [0.2, 0.25) is 0 Å². The van der Waals surface area contributed by atoms with Gasteiger partial charge in [0.2, 0.25) is 5.91 Å². The molecule has 0 aromatic carbocycles. The smallest absolute Gasteiger partial charge is 0.236 e. The van der Waals surface area contributed by atoms with Gasteiger partial charge in [0, 0.05) is 25.7 Å². The van der Waals surface area contributed by atoms with Gasteiger partial charge in [0.25, 0.3) is 0 Å². The Morgan fingerprint density at radius 1 is 1.41 bits per heavy atom. The van der Waals surface area contributed by atoms with Crippen molar-refractivity contribution in [3.05, 3.63) is 0 Å². The standard InChI is InChI=1S/C13H24N2O2/c1-3-13(17)9-14(10-13)8-12(16)15-7-5-4-6-11(15)2/h11,17H,3-10H2,1-2H3. The zero-order valence-electron chi connectivity index (χ0n) is 11.0. The highest BCUT2D eigenvalue weighted by Gasteiger charge is 2.40. The molecule has 2 fully saturated rings. The van der Waals surface area contributed by atoms with Crippen LogP contribution in [0.3, 0.4) is 0 Å². The molecule has 1 unspecified atom stereocenters. The molecule has 17 heavy (non-hydrogen) atoms. The lowest BCUT2D eigenvalue weighted by atomic mass is 9.91. The van der Waals surface area contributed by atoms with Crippen LogP contribution in [0.15, 0.2) is 0 Å². The number of aliphatic hydroxyl groups is 1. The van der Waals surface area contributed by atoms with Gasteiger partial charge in [-0.25, -0.2) is 0 Å². The van der Waals surface area contributed by atoms with Gasteiger partial charge in [-0.05, 0) is 32.6 Å². The normalized spacial score (nSPS) is 28.9. The van der Waals surface area contributed by atoms with Crippen molar-refractivity contribution in [2.75, 3.05) is 26.2 Å². The minimum absolute atomic E-state index is 0.232. The quantitative estimate of drug-likeness (QED) is 0.795. The molecule has 0 aliphatic carbocycles. The van der Waals surface area contributed by atoms with Gasteiger partial charge in [-0.1, -0.05) is 6.92 Å². The predicted molar refractivity (Wildman–Crippen MR) is 66.7 cm³/mol. The summed E-state index contributed by atoms with van der Waals surface area (Å²) in [6.45, 7) is 6.81. The number of nitrogens with zero attached hydrogens (tertiary/aromatic N) is 2. The first-order chi connectivity index (χ1) is 8.04. The predicted octanol–water partition coefficient (Wildman–Crippen LogP) is 0.844. The maximum atomic E-state index is 12.1. The number of carbonyl (C=O) groups excluding carboxylic acids is 1. The summed E-state index contributed by atoms with van der Waals surface area (Å²) in [5.74, 6) is 0.232. The number of β-amino-alcohol motifs (C(OH)–C–C–N with tert-alkyl or cyclic N) is 1. The molecule has 2 aliphatic rings. The molecule has 98 valence electrons. The third-order valence-corrected chi connectivity index (χ3v) is 4.18. The molecule has 0 saturated carbocycles. The topological polar surface area (TPSA) is 43.8 Å². The van der Waals surface area contributed by atoms with Gasteiger partial charge in [0.1, 0.15) is 0 Å². The second-order valence-corrected chi connectivity index (χ2v) is 5.65. The SMILES string of the molecule is CCC1(O)CN(CC(=O)N2CCCCC2C)C1. The molecule has 0 radical (unpaired) electrons. The lowest BCUT2D eigenvalue weighted by Gasteiger charge is -2.46. The number of rotatable bonds is 3. The molecule has 0 bridgehead atoms. The second-order valence-electron chi connectivity index (χ2n) is 5.65. The van der Waals surface area contributed by atoms with E-state index in [9.17, 15) is 9.90 Å². The zero-order valence-corrected chi connectivity index (χ0v) is 11.0. The fraction of sp³-hybridized carbons (Fsp3) is 0.923. The van der Waals surface area contributed by atoms with E-state index >= 15 is 0 Å². The summed E-state index contributed by atoms with van der Waals surface area (Å²) in [5, 5.41) is 9.90. The Hall–Kier alpha value is -0.610. The van der Waals surface area contributed by atoms with Crippen LogP contribution in [0.4, 0.5) is 0 Å². The average Bonchev–Trinajstić information content (AvgIpc) is 2.27. The number of amides is 1. The van der Waals surface area contributed by atoms with Crippen molar-refractivity contribution in [1.82, 2.24) is 9.80 Å². The Bertz CT molecular complexity index is 287. The van der Waals surface area contributed by atoms with Crippen LogP contribution in [-0.2, 0) is 4.79 Å². The molecule has 1 atom stereocenters. The highest BCUT2D eigenvalue weighted by atomic mass is 16.3. The molecule has 2 saturated heterocycles. The molecule has 0 spiro atoms. The first kappa shape index (κ1) is 12.8. The lowest BCUT2D eigenvalue weighted by Crippen LogP contribution is -2.63. The Morgan fingerprint density at radius 3 is 2.71 bits per heavy atom. The third-order valence-electron chi connectivity index (χ3n) is 4.18. The highest BCUT2D eigenvalue weighted by molar-refractivity contribution is 5.78. The van der Waals surface area contributed by atoms with Crippen LogP contribution >= 0.6 is 0 Å². The first-order valence-electron chi connectivity index (χ1n) is 6.78. The lowest BCUT2D eigenvalue weighted by molar-refractivity contribution is -0.144. The summed E-state index contributed by atoms with van der Waals surface area (Å²) in [6, 6.07) is 0.391. The summed E-state index contributed by atoms with van der Waals surface area (Å²) >= 11 is 0. The maximum Gasteiger partial charge on any atom is 0.236 e. The van der Waals surface area contributed by atoms with E-state index in [1.165, 1.54) is 6.42 Å². The van der Waals surface area contributed by atoms with Gasteiger partial charge in [-0.2, -0.15) is 0 Å². The fourth-order valence-electron chi connectivity index (χ4n) is 2.87. The molecule has 4 heteroatoms. The van der Waals surface area contributed by atoms with Crippen LogP contribution < -0.4 is 0 Å². The van der Waals surface area contributed by atoms with Crippen molar-refractivity contribution in [1.29, 1.82) is 0 Å².